The van der Waals surface area contributed by atoms with Crippen LogP contribution < -0.4 is 30.4 Å². The Labute approximate surface area is 307 Å². The van der Waals surface area contributed by atoms with Crippen molar-refractivity contribution in [1.82, 2.24) is 4.57 Å². The lowest BCUT2D eigenvalue weighted by atomic mass is 9.35. The van der Waals surface area contributed by atoms with E-state index in [4.69, 9.17) is 9.47 Å². The van der Waals surface area contributed by atoms with Crippen LogP contribution in [0, 0.1) is 0 Å². The van der Waals surface area contributed by atoms with Crippen molar-refractivity contribution in [2.45, 2.75) is 5.54 Å². The van der Waals surface area contributed by atoms with Gasteiger partial charge in [0, 0.05) is 33.7 Å². The highest BCUT2D eigenvalue weighted by atomic mass is 16.5. The van der Waals surface area contributed by atoms with Crippen LogP contribution in [0.2, 0.25) is 0 Å². The molecular formula is C48H32BN2O2+. The van der Waals surface area contributed by atoms with Crippen LogP contribution in [-0.2, 0) is 5.54 Å². The van der Waals surface area contributed by atoms with Gasteiger partial charge in [-0.2, -0.15) is 0 Å². The van der Waals surface area contributed by atoms with E-state index in [9.17, 15) is 0 Å². The van der Waals surface area contributed by atoms with Gasteiger partial charge in [0.2, 0.25) is 5.75 Å². The molecule has 0 bridgehead atoms. The predicted octanol–water partition coefficient (Wildman–Crippen LogP) is 8.64. The van der Waals surface area contributed by atoms with Crippen LogP contribution in [0.4, 0.5) is 0 Å². The molecule has 0 aliphatic carbocycles. The molecule has 2 aliphatic heterocycles. The fourth-order valence-corrected chi connectivity index (χ4v) is 8.97. The Hall–Kier alpha value is -6.85. The summed E-state index contributed by atoms with van der Waals surface area (Å²) in [6, 6.07) is 66.8. The van der Waals surface area contributed by atoms with E-state index in [1.54, 1.807) is 0 Å². The minimum atomic E-state index is -0.724. The molecule has 53 heavy (non-hydrogen) atoms. The van der Waals surface area contributed by atoms with Crippen molar-refractivity contribution >= 4 is 44.9 Å². The first-order valence-corrected chi connectivity index (χ1v) is 18.1. The van der Waals surface area contributed by atoms with Crippen LogP contribution in [-0.4, -0.2) is 11.3 Å². The fourth-order valence-electron chi connectivity index (χ4n) is 8.97. The number of para-hydroxylation sites is 5. The Balaban J connectivity index is 1.21. The third kappa shape index (κ3) is 4.22. The van der Waals surface area contributed by atoms with Gasteiger partial charge in [0.1, 0.15) is 11.5 Å². The molecule has 11 rings (SSSR count). The molecule has 248 valence electrons. The lowest BCUT2D eigenvalue weighted by Crippen LogP contribution is -2.63. The molecule has 0 saturated carbocycles. The van der Waals surface area contributed by atoms with E-state index in [2.05, 4.69) is 197 Å². The Bertz CT molecular complexity index is 2770. The third-order valence-corrected chi connectivity index (χ3v) is 11.1. The quantitative estimate of drug-likeness (QED) is 0.138. The van der Waals surface area contributed by atoms with Crippen molar-refractivity contribution in [2.24, 2.45) is 0 Å². The van der Waals surface area contributed by atoms with Gasteiger partial charge >= 0.3 is 5.88 Å². The number of pyridine rings is 1. The predicted molar refractivity (Wildman–Crippen MR) is 213 cm³/mol. The highest BCUT2D eigenvalue weighted by Crippen LogP contribution is 2.48. The van der Waals surface area contributed by atoms with Crippen molar-refractivity contribution in [1.29, 1.82) is 0 Å². The standard InChI is InChI=1S/C48H32BN2O2/c1-3-17-33(18-4-1)48(34-19-5-2-6-20-34)37-23-9-15-29-44(37)53-47-46-40(31-32-50(47)48)49(39-25-11-16-30-45(39)52-46)38-24-10-14-28-43(38)51-41-26-12-7-21-35(41)36-22-8-13-27-42(36)51/h1-32H/q+1. The number of rotatable bonds is 4. The maximum absolute atomic E-state index is 7.03. The van der Waals surface area contributed by atoms with Crippen LogP contribution >= 0.6 is 0 Å². The maximum atomic E-state index is 7.03. The first-order valence-electron chi connectivity index (χ1n) is 18.1. The van der Waals surface area contributed by atoms with Crippen molar-refractivity contribution < 1.29 is 14.0 Å². The number of aromatic nitrogens is 2. The number of hydrogen-bond acceptors (Lipinski definition) is 2. The van der Waals surface area contributed by atoms with E-state index in [0.29, 0.717) is 5.88 Å². The lowest BCUT2D eigenvalue weighted by molar-refractivity contribution is -0.741. The maximum Gasteiger partial charge on any atom is 0.418 e. The minimum absolute atomic E-state index is 0.138. The van der Waals surface area contributed by atoms with E-state index in [0.717, 1.165) is 50.6 Å². The van der Waals surface area contributed by atoms with Gasteiger partial charge in [-0.3, -0.25) is 0 Å². The minimum Gasteiger partial charge on any atom is -0.448 e. The van der Waals surface area contributed by atoms with Gasteiger partial charge in [0.05, 0.1) is 16.6 Å². The monoisotopic (exact) mass is 679 g/mol. The zero-order chi connectivity index (χ0) is 34.9. The third-order valence-electron chi connectivity index (χ3n) is 11.1. The zero-order valence-electron chi connectivity index (χ0n) is 28.8. The number of fused-ring (bicyclic) bond motifs is 8. The topological polar surface area (TPSA) is 27.3 Å². The van der Waals surface area contributed by atoms with Crippen molar-refractivity contribution in [3.63, 3.8) is 0 Å². The highest BCUT2D eigenvalue weighted by molar-refractivity contribution is 6.97. The SMILES string of the molecule is c1ccc(C2(c3ccccc3)c3ccccc3Oc3c4c(cc[n+]32)B(c2ccccc2-n2c3ccccc3c3ccccc32)c2ccccc2O4)cc1. The molecule has 7 aromatic carbocycles. The molecule has 5 heteroatoms. The second-order valence-corrected chi connectivity index (χ2v) is 13.8. The van der Waals surface area contributed by atoms with Crippen molar-refractivity contribution in [3.05, 3.63) is 211 Å². The average molecular weight is 680 g/mol. The first-order chi connectivity index (χ1) is 26.3. The number of ether oxygens (including phenoxy) is 2. The van der Waals surface area contributed by atoms with Crippen molar-refractivity contribution in [2.75, 3.05) is 0 Å². The second kappa shape index (κ2) is 11.6. The van der Waals surface area contributed by atoms with E-state index < -0.39 is 5.54 Å². The molecule has 2 aromatic heterocycles. The van der Waals surface area contributed by atoms with Gasteiger partial charge in [-0.05, 0) is 52.8 Å². The molecule has 0 spiro atoms. The number of hydrogen-bond donors (Lipinski definition) is 0. The Morgan fingerprint density at radius 3 is 1.70 bits per heavy atom. The smallest absolute Gasteiger partial charge is 0.418 e. The van der Waals surface area contributed by atoms with Gasteiger partial charge in [-0.25, -0.2) is 0 Å². The number of benzene rings is 7. The lowest BCUT2D eigenvalue weighted by Gasteiger charge is -2.37. The van der Waals surface area contributed by atoms with E-state index in [-0.39, 0.29) is 6.71 Å². The van der Waals surface area contributed by atoms with Gasteiger partial charge < -0.3 is 14.0 Å². The van der Waals surface area contributed by atoms with Crippen LogP contribution in [0.15, 0.2) is 194 Å². The molecule has 0 fully saturated rings. The largest absolute Gasteiger partial charge is 0.448 e. The Morgan fingerprint density at radius 1 is 0.453 bits per heavy atom. The summed E-state index contributed by atoms with van der Waals surface area (Å²) in [5.41, 5.74) is 9.47. The molecule has 4 heterocycles. The summed E-state index contributed by atoms with van der Waals surface area (Å²) in [5, 5.41) is 2.47. The van der Waals surface area contributed by atoms with Crippen LogP contribution in [0.1, 0.15) is 16.7 Å². The van der Waals surface area contributed by atoms with Crippen molar-refractivity contribution in [3.8, 4) is 28.8 Å². The second-order valence-electron chi connectivity index (χ2n) is 13.8. The summed E-state index contributed by atoms with van der Waals surface area (Å²) in [5.74, 6) is 3.02. The molecule has 9 aromatic rings. The van der Waals surface area contributed by atoms with Gasteiger partial charge in [-0.1, -0.05) is 146 Å². The van der Waals surface area contributed by atoms with Crippen LogP contribution in [0.3, 0.4) is 0 Å². The molecule has 0 amide bonds. The average Bonchev–Trinajstić information content (AvgIpc) is 3.57. The van der Waals surface area contributed by atoms with Gasteiger partial charge in [-0.15, -0.1) is 4.57 Å². The van der Waals surface area contributed by atoms with Crippen LogP contribution in [0.25, 0.3) is 27.5 Å². The van der Waals surface area contributed by atoms with E-state index >= 15 is 0 Å². The molecule has 2 aliphatic rings. The summed E-state index contributed by atoms with van der Waals surface area (Å²) < 4.78 is 18.8. The molecule has 0 unspecified atom stereocenters. The molecule has 0 saturated heterocycles. The number of nitrogens with zero attached hydrogens (tertiary/aromatic N) is 2. The van der Waals surface area contributed by atoms with E-state index in [1.807, 2.05) is 6.07 Å². The zero-order valence-corrected chi connectivity index (χ0v) is 28.8. The summed E-state index contributed by atoms with van der Waals surface area (Å²) in [7, 11) is 0. The molecule has 4 nitrogen and oxygen atoms in total. The molecule has 0 N–H and O–H groups in total. The first kappa shape index (κ1) is 29.8. The molecule has 0 atom stereocenters. The summed E-state index contributed by atoms with van der Waals surface area (Å²) in [6.07, 6.45) is 2.21. The molecule has 0 radical (unpaired) electrons. The fraction of sp³-hybridized carbons (Fsp3) is 0.0208. The Morgan fingerprint density at radius 2 is 1.00 bits per heavy atom. The summed E-state index contributed by atoms with van der Waals surface area (Å²) in [6.45, 7) is -0.138. The molecular weight excluding hydrogens is 647 g/mol. The normalized spacial score (nSPS) is 13.7. The van der Waals surface area contributed by atoms with Gasteiger partial charge in [0.15, 0.2) is 6.20 Å². The van der Waals surface area contributed by atoms with E-state index in [1.165, 1.54) is 27.3 Å². The highest BCUT2D eigenvalue weighted by Gasteiger charge is 2.55. The van der Waals surface area contributed by atoms with Gasteiger partial charge in [0.25, 0.3) is 12.3 Å². The summed E-state index contributed by atoms with van der Waals surface area (Å²) in [4.78, 5) is 0. The Kier molecular flexibility index (Phi) is 6.53. The van der Waals surface area contributed by atoms with Crippen LogP contribution in [0.5, 0.6) is 23.1 Å². The summed E-state index contributed by atoms with van der Waals surface area (Å²) >= 11 is 0.